The molecular formula is C54H61N11O7. The van der Waals surface area contributed by atoms with E-state index in [0.717, 1.165) is 79.4 Å². The van der Waals surface area contributed by atoms with Crippen LogP contribution in [-0.4, -0.2) is 133 Å². The minimum absolute atomic E-state index is 0.131. The standard InChI is InChI=1S/C54H61N11O7/c1-31-26-60(34-13-15-62-36(22-34)30-72-48-39-28-65(50(68)38(39)7-8-42(48)62)43-9-11-47(67)59(5)52(43)70)16-17-61(31)35-6-10-46(56-25-35)57-41-20-33(27-58(4)51(41)69)37-12-14-55-49(40(37)29-66)64-19-18-63-44(53(64)71)21-32-23-54(2,3)24-45(32)63/h6-8,10,12,14,20-21,25,27,31,34,36,43,66H,9,11,13,15-19,22-24,26,28-30H2,1-5H3,(H,56,57)/t31-,34-,36+,43-/m0/s1. The number of anilines is 5. The molecule has 5 aromatic rings. The predicted octanol–water partition coefficient (Wildman–Crippen LogP) is 4.71. The number of hydrogen-bond donors (Lipinski definition) is 2. The number of amides is 4. The summed E-state index contributed by atoms with van der Waals surface area (Å²) < 4.78 is 10.2. The third-order valence-electron chi connectivity index (χ3n) is 16.6. The predicted molar refractivity (Wildman–Crippen MR) is 271 cm³/mol. The first-order valence-electron chi connectivity index (χ1n) is 25.4. The van der Waals surface area contributed by atoms with Gasteiger partial charge in [-0.15, -0.1) is 0 Å². The van der Waals surface area contributed by atoms with E-state index in [1.165, 1.54) is 22.9 Å². The quantitative estimate of drug-likeness (QED) is 0.204. The molecule has 1 aliphatic carbocycles. The highest BCUT2D eigenvalue weighted by Crippen LogP contribution is 2.46. The highest BCUT2D eigenvalue weighted by Gasteiger charge is 2.45. The van der Waals surface area contributed by atoms with Crippen LogP contribution in [0.1, 0.15) is 89.7 Å². The number of piperidine rings is 2. The zero-order valence-corrected chi connectivity index (χ0v) is 41.6. The summed E-state index contributed by atoms with van der Waals surface area (Å²) in [6, 6.07) is 13.6. The monoisotopic (exact) mass is 975 g/mol. The van der Waals surface area contributed by atoms with E-state index in [-0.39, 0.29) is 59.7 Å². The van der Waals surface area contributed by atoms with Crippen molar-refractivity contribution >= 4 is 52.3 Å². The van der Waals surface area contributed by atoms with Gasteiger partial charge in [-0.25, -0.2) is 9.97 Å². The Kier molecular flexibility index (Phi) is 11.1. The summed E-state index contributed by atoms with van der Waals surface area (Å²) in [6.07, 6.45) is 9.66. The number of ether oxygens (including phenoxy) is 1. The molecule has 4 aromatic heterocycles. The van der Waals surface area contributed by atoms with Crippen LogP contribution in [0.3, 0.4) is 0 Å². The first-order chi connectivity index (χ1) is 34.7. The third kappa shape index (κ3) is 7.54. The summed E-state index contributed by atoms with van der Waals surface area (Å²) in [4.78, 5) is 87.7. The largest absolute Gasteiger partial charge is 0.489 e. The molecule has 72 heavy (non-hydrogen) atoms. The average Bonchev–Trinajstić information content (AvgIpc) is 4.00. The van der Waals surface area contributed by atoms with Crippen LogP contribution in [0.25, 0.3) is 11.1 Å². The molecule has 0 bridgehead atoms. The van der Waals surface area contributed by atoms with Gasteiger partial charge in [0.1, 0.15) is 41.4 Å². The van der Waals surface area contributed by atoms with Gasteiger partial charge in [0, 0.05) is 112 Å². The lowest BCUT2D eigenvalue weighted by atomic mass is 9.90. The maximum atomic E-state index is 14.0. The van der Waals surface area contributed by atoms with Gasteiger partial charge in [0.2, 0.25) is 5.91 Å². The topological polar surface area (TPSA) is 182 Å². The van der Waals surface area contributed by atoms with Crippen molar-refractivity contribution in [3.8, 4) is 16.9 Å². The fraction of sp³-hybridized carbons (Fsp3) is 0.463. The number of likely N-dealkylation sites (N-methyl/N-ethyl adjacent to an activating group) is 1. The summed E-state index contributed by atoms with van der Waals surface area (Å²) in [5.74, 6) is 0.823. The van der Waals surface area contributed by atoms with Gasteiger partial charge in [-0.1, -0.05) is 13.8 Å². The SMILES string of the molecule is C[C@H]1CN([C@H]2CCN3c4ccc5c(c4OC[C@H]3C2)CN([C@H]2CCC(=O)N(C)C2=O)C5=O)CCN1c1ccc(Nc2cc(-c3ccnc(N4CCn5c(cc6c5CC(C)(C)C6)C4=O)c3CO)cn(C)c2=O)nc1. The number of aliphatic hydroxyl groups excluding tert-OH is 1. The number of benzene rings is 1. The van der Waals surface area contributed by atoms with Crippen molar-refractivity contribution < 1.29 is 29.0 Å². The number of piperazine rings is 1. The number of likely N-dealkylation sites (tertiary alicyclic amines) is 1. The molecular weight excluding hydrogens is 915 g/mol. The number of aliphatic hydroxyl groups is 1. The molecule has 18 heteroatoms. The van der Waals surface area contributed by atoms with Crippen LogP contribution >= 0.6 is 0 Å². The molecule has 12 rings (SSSR count). The van der Waals surface area contributed by atoms with E-state index < -0.39 is 6.04 Å². The minimum atomic E-state index is -0.654. The Morgan fingerprint density at radius 2 is 1.71 bits per heavy atom. The number of fused-ring (bicyclic) bond motifs is 8. The van der Waals surface area contributed by atoms with Gasteiger partial charge in [0.05, 0.1) is 36.8 Å². The molecule has 2 N–H and O–H groups in total. The van der Waals surface area contributed by atoms with E-state index in [1.807, 2.05) is 42.6 Å². The van der Waals surface area contributed by atoms with Gasteiger partial charge in [0.25, 0.3) is 23.3 Å². The summed E-state index contributed by atoms with van der Waals surface area (Å²) >= 11 is 0. The molecule has 0 saturated carbocycles. The zero-order chi connectivity index (χ0) is 49.9. The van der Waals surface area contributed by atoms with E-state index in [2.05, 4.69) is 50.3 Å². The summed E-state index contributed by atoms with van der Waals surface area (Å²) in [5.41, 5.74) is 8.70. The van der Waals surface area contributed by atoms with Crippen LogP contribution in [-0.2, 0) is 49.2 Å². The van der Waals surface area contributed by atoms with E-state index in [4.69, 9.17) is 9.72 Å². The number of aromatic nitrogens is 4. The zero-order valence-electron chi connectivity index (χ0n) is 41.6. The van der Waals surface area contributed by atoms with Gasteiger partial charge < -0.3 is 39.0 Å². The lowest BCUT2D eigenvalue weighted by Gasteiger charge is -2.50. The van der Waals surface area contributed by atoms with Gasteiger partial charge in [-0.3, -0.25) is 38.7 Å². The van der Waals surface area contributed by atoms with Gasteiger partial charge >= 0.3 is 0 Å². The molecule has 374 valence electrons. The van der Waals surface area contributed by atoms with Crippen LogP contribution in [0.2, 0.25) is 0 Å². The van der Waals surface area contributed by atoms with Gasteiger partial charge in [-0.05, 0) is 98.0 Å². The van der Waals surface area contributed by atoms with Gasteiger partial charge in [0.15, 0.2) is 0 Å². The summed E-state index contributed by atoms with van der Waals surface area (Å²) in [5, 5.41) is 14.1. The first-order valence-corrected chi connectivity index (χ1v) is 25.4. The number of carbonyl (C=O) groups is 4. The Hall–Kier alpha value is -7.05. The van der Waals surface area contributed by atoms with E-state index in [1.54, 1.807) is 35.3 Å². The number of carbonyl (C=O) groups excluding carboxylic acids is 4. The second-order valence-electron chi connectivity index (χ2n) is 21.6. The molecule has 4 amide bonds. The Bertz CT molecular complexity index is 3150. The van der Waals surface area contributed by atoms with E-state index in [0.29, 0.717) is 84.0 Å². The molecule has 4 atom stereocenters. The Morgan fingerprint density at radius 1 is 0.861 bits per heavy atom. The Balaban J connectivity index is 0.688. The lowest BCUT2D eigenvalue weighted by molar-refractivity contribution is -0.150. The van der Waals surface area contributed by atoms with Crippen LogP contribution < -0.4 is 30.3 Å². The van der Waals surface area contributed by atoms with Crippen LogP contribution in [0.5, 0.6) is 5.75 Å². The van der Waals surface area contributed by atoms with Crippen molar-refractivity contribution in [1.82, 2.24) is 33.8 Å². The highest BCUT2D eigenvalue weighted by molar-refractivity contribution is 6.07. The third-order valence-corrected chi connectivity index (χ3v) is 16.6. The minimum Gasteiger partial charge on any atom is -0.489 e. The number of aryl methyl sites for hydroxylation is 1. The van der Waals surface area contributed by atoms with Gasteiger partial charge in [-0.2, -0.15) is 0 Å². The van der Waals surface area contributed by atoms with Crippen molar-refractivity contribution in [3.63, 3.8) is 0 Å². The fourth-order valence-corrected chi connectivity index (χ4v) is 12.9. The number of hydrogen-bond acceptors (Lipinski definition) is 13. The number of pyridine rings is 3. The molecule has 0 radical (unpaired) electrons. The summed E-state index contributed by atoms with van der Waals surface area (Å²) in [7, 11) is 3.18. The van der Waals surface area contributed by atoms with Crippen molar-refractivity contribution in [2.75, 3.05) is 66.4 Å². The highest BCUT2D eigenvalue weighted by atomic mass is 16.5. The molecule has 0 unspecified atom stereocenters. The Labute approximate surface area is 417 Å². The van der Waals surface area contributed by atoms with Crippen molar-refractivity contribution in [1.29, 1.82) is 0 Å². The fourth-order valence-electron chi connectivity index (χ4n) is 12.9. The molecule has 18 nitrogen and oxygen atoms in total. The first kappa shape index (κ1) is 46.0. The number of nitrogens with zero attached hydrogens (tertiary/aromatic N) is 10. The van der Waals surface area contributed by atoms with E-state index >= 15 is 0 Å². The van der Waals surface area contributed by atoms with Crippen LogP contribution in [0, 0.1) is 5.41 Å². The second kappa shape index (κ2) is 17.3. The lowest BCUT2D eigenvalue weighted by Crippen LogP contribution is -2.59. The Morgan fingerprint density at radius 3 is 2.50 bits per heavy atom. The normalized spacial score (nSPS) is 23.7. The molecule has 6 aliphatic heterocycles. The number of imide groups is 1. The van der Waals surface area contributed by atoms with Crippen molar-refractivity contribution in [2.24, 2.45) is 12.5 Å². The molecule has 3 saturated heterocycles. The smallest absolute Gasteiger partial charge is 0.276 e. The van der Waals surface area contributed by atoms with Crippen molar-refractivity contribution in [3.05, 3.63) is 105 Å². The molecule has 10 heterocycles. The maximum absolute atomic E-state index is 14.0. The van der Waals surface area contributed by atoms with E-state index in [9.17, 15) is 29.1 Å². The second-order valence-corrected chi connectivity index (χ2v) is 21.6. The molecule has 0 spiro atoms. The maximum Gasteiger partial charge on any atom is 0.276 e. The summed E-state index contributed by atoms with van der Waals surface area (Å²) in [6.45, 7) is 11.8. The molecule has 1 aromatic carbocycles. The van der Waals surface area contributed by atoms with Crippen LogP contribution in [0.15, 0.2) is 65.8 Å². The average molecular weight is 976 g/mol. The van der Waals surface area contributed by atoms with Crippen molar-refractivity contribution in [2.45, 2.75) is 103 Å². The molecule has 7 aliphatic rings. The molecule has 3 fully saturated rings. The van der Waals surface area contributed by atoms with Crippen LogP contribution in [0.4, 0.5) is 28.7 Å². The number of rotatable bonds is 8. The number of nitrogens with one attached hydrogen (secondary N) is 1.